The van der Waals surface area contributed by atoms with Gasteiger partial charge in [-0.05, 0) is 80.1 Å². The lowest BCUT2D eigenvalue weighted by Gasteiger charge is -2.32. The van der Waals surface area contributed by atoms with Gasteiger partial charge in [-0.2, -0.15) is 5.26 Å². The Morgan fingerprint density at radius 3 is 1.89 bits per heavy atom. The van der Waals surface area contributed by atoms with Gasteiger partial charge in [0.15, 0.2) is 5.76 Å². The molecule has 4 aromatic rings. The Kier molecular flexibility index (Phi) is 9.06. The van der Waals surface area contributed by atoms with Crippen LogP contribution in [0.2, 0.25) is 0 Å². The zero-order valence-electron chi connectivity index (χ0n) is 25.2. The number of furan rings is 1. The first-order valence-electron chi connectivity index (χ1n) is 15.6. The molecule has 0 aliphatic carbocycles. The zero-order valence-corrected chi connectivity index (χ0v) is 25.2. The van der Waals surface area contributed by atoms with Crippen molar-refractivity contribution < 1.29 is 14.0 Å². The number of nitrogens with zero attached hydrogens (tertiary/aromatic N) is 3. The van der Waals surface area contributed by atoms with E-state index in [1.165, 1.54) is 16.7 Å². The highest BCUT2D eigenvalue weighted by molar-refractivity contribution is 6.00. The number of benzene rings is 3. The number of carbonyl (C=O) groups excluding carboxylic acids is 2. The van der Waals surface area contributed by atoms with Crippen molar-refractivity contribution in [2.75, 3.05) is 26.2 Å². The number of nitrogens with one attached hydrogen (secondary N) is 2. The standard InChI is InChI=1S/C36H39N5O3/c1-25-2-4-27(5-3-25)23-40-16-12-31(13-17-40)38-35(42)29-10-11-33-30(20-29)21-34(44-33)36(43)39-32-14-18-41(19-15-32)24-28-8-6-26(22-37)7-9-28/h2-11,20-21,31-32H,12-19,23-24H2,1H3,(H,38,42)(H,39,43). The fourth-order valence-corrected chi connectivity index (χ4v) is 6.19. The summed E-state index contributed by atoms with van der Waals surface area (Å²) in [6.07, 6.45) is 3.56. The van der Waals surface area contributed by atoms with Gasteiger partial charge in [-0.1, -0.05) is 42.0 Å². The summed E-state index contributed by atoms with van der Waals surface area (Å²) in [5, 5.41) is 16.1. The molecule has 2 saturated heterocycles. The van der Waals surface area contributed by atoms with E-state index in [-0.39, 0.29) is 29.7 Å². The highest BCUT2D eigenvalue weighted by Gasteiger charge is 2.24. The first-order chi connectivity index (χ1) is 21.4. The molecule has 8 nitrogen and oxygen atoms in total. The van der Waals surface area contributed by atoms with Crippen molar-refractivity contribution in [2.24, 2.45) is 0 Å². The normalized spacial score (nSPS) is 16.9. The molecule has 2 fully saturated rings. The molecule has 0 bridgehead atoms. The van der Waals surface area contributed by atoms with Crippen LogP contribution in [-0.4, -0.2) is 59.9 Å². The SMILES string of the molecule is Cc1ccc(CN2CCC(NC(=O)c3ccc4oc(C(=O)NC5CCN(Cc6ccc(C#N)cc6)CC5)cc4c3)CC2)cc1. The minimum atomic E-state index is -0.227. The van der Waals surface area contributed by atoms with Gasteiger partial charge in [0, 0.05) is 62.3 Å². The van der Waals surface area contributed by atoms with E-state index in [1.54, 1.807) is 24.3 Å². The summed E-state index contributed by atoms with van der Waals surface area (Å²) < 4.78 is 5.86. The first-order valence-corrected chi connectivity index (χ1v) is 15.6. The van der Waals surface area contributed by atoms with E-state index in [2.05, 4.69) is 57.7 Å². The molecule has 0 atom stereocenters. The Bertz CT molecular complexity index is 1640. The minimum Gasteiger partial charge on any atom is -0.451 e. The fraction of sp³-hybridized carbons (Fsp3) is 0.361. The Morgan fingerprint density at radius 2 is 1.32 bits per heavy atom. The molecular weight excluding hydrogens is 550 g/mol. The number of carbonyl (C=O) groups is 2. The largest absolute Gasteiger partial charge is 0.451 e. The van der Waals surface area contributed by atoms with Crippen LogP contribution in [0, 0.1) is 18.3 Å². The lowest BCUT2D eigenvalue weighted by Crippen LogP contribution is -2.44. The molecule has 0 saturated carbocycles. The van der Waals surface area contributed by atoms with Crippen molar-refractivity contribution in [1.29, 1.82) is 5.26 Å². The van der Waals surface area contributed by atoms with Crippen LogP contribution in [0.5, 0.6) is 0 Å². The second kappa shape index (κ2) is 13.5. The van der Waals surface area contributed by atoms with Gasteiger partial charge in [-0.15, -0.1) is 0 Å². The highest BCUT2D eigenvalue weighted by atomic mass is 16.3. The third kappa shape index (κ3) is 7.36. The van der Waals surface area contributed by atoms with Crippen LogP contribution in [0.4, 0.5) is 0 Å². The number of fused-ring (bicyclic) bond motifs is 1. The topological polar surface area (TPSA) is 102 Å². The van der Waals surface area contributed by atoms with Gasteiger partial charge >= 0.3 is 0 Å². The van der Waals surface area contributed by atoms with Gasteiger partial charge < -0.3 is 15.1 Å². The molecule has 44 heavy (non-hydrogen) atoms. The van der Waals surface area contributed by atoms with Crippen molar-refractivity contribution >= 4 is 22.8 Å². The molecule has 2 aliphatic heterocycles. The number of hydrogen-bond donors (Lipinski definition) is 2. The summed E-state index contributed by atoms with van der Waals surface area (Å²) in [6.45, 7) is 7.55. The summed E-state index contributed by atoms with van der Waals surface area (Å²) >= 11 is 0. The predicted octanol–water partition coefficient (Wildman–Crippen LogP) is 5.40. The quantitative estimate of drug-likeness (QED) is 0.285. The van der Waals surface area contributed by atoms with E-state index in [9.17, 15) is 9.59 Å². The Hall–Kier alpha value is -4.45. The molecule has 226 valence electrons. The number of hydrogen-bond acceptors (Lipinski definition) is 6. The molecule has 6 rings (SSSR count). The number of nitriles is 1. The van der Waals surface area contributed by atoms with Crippen molar-refractivity contribution in [1.82, 2.24) is 20.4 Å². The van der Waals surface area contributed by atoms with Crippen molar-refractivity contribution in [3.05, 3.63) is 106 Å². The molecule has 2 amide bonds. The maximum absolute atomic E-state index is 13.1. The minimum absolute atomic E-state index is 0.0811. The van der Waals surface area contributed by atoms with Gasteiger partial charge in [-0.3, -0.25) is 19.4 Å². The van der Waals surface area contributed by atoms with Crippen LogP contribution in [0.15, 0.2) is 77.2 Å². The maximum Gasteiger partial charge on any atom is 0.287 e. The van der Waals surface area contributed by atoms with Crippen molar-refractivity contribution in [3.8, 4) is 6.07 Å². The monoisotopic (exact) mass is 589 g/mol. The molecule has 0 spiro atoms. The number of rotatable bonds is 8. The zero-order chi connectivity index (χ0) is 30.5. The van der Waals surface area contributed by atoms with Crippen LogP contribution in [0.25, 0.3) is 11.0 Å². The molecule has 0 radical (unpaired) electrons. The summed E-state index contributed by atoms with van der Waals surface area (Å²) in [4.78, 5) is 30.9. The number of amides is 2. The molecule has 3 heterocycles. The van der Waals surface area contributed by atoms with E-state index >= 15 is 0 Å². The molecule has 8 heteroatoms. The number of likely N-dealkylation sites (tertiary alicyclic amines) is 2. The average Bonchev–Trinajstić information content (AvgIpc) is 3.48. The van der Waals surface area contributed by atoms with E-state index < -0.39 is 0 Å². The second-order valence-corrected chi connectivity index (χ2v) is 12.2. The Labute approximate surface area is 258 Å². The number of piperidine rings is 2. The van der Waals surface area contributed by atoms with Crippen LogP contribution < -0.4 is 10.6 Å². The summed E-state index contributed by atoms with van der Waals surface area (Å²) in [6, 6.07) is 25.8. The summed E-state index contributed by atoms with van der Waals surface area (Å²) in [7, 11) is 0. The molecule has 2 N–H and O–H groups in total. The first kappa shape index (κ1) is 29.6. The van der Waals surface area contributed by atoms with Gasteiger partial charge in [-0.25, -0.2) is 0 Å². The smallest absolute Gasteiger partial charge is 0.287 e. The third-order valence-electron chi connectivity index (χ3n) is 8.86. The summed E-state index contributed by atoms with van der Waals surface area (Å²) in [5.41, 5.74) is 5.60. The maximum atomic E-state index is 13.1. The van der Waals surface area contributed by atoms with E-state index in [4.69, 9.17) is 9.68 Å². The number of aryl methyl sites for hydroxylation is 1. The van der Waals surface area contributed by atoms with E-state index in [0.29, 0.717) is 16.7 Å². The van der Waals surface area contributed by atoms with Gasteiger partial charge in [0.2, 0.25) is 0 Å². The predicted molar refractivity (Wildman–Crippen MR) is 170 cm³/mol. The van der Waals surface area contributed by atoms with Crippen molar-refractivity contribution in [3.63, 3.8) is 0 Å². The highest BCUT2D eigenvalue weighted by Crippen LogP contribution is 2.23. The molecule has 2 aliphatic rings. The Morgan fingerprint density at radius 1 is 0.773 bits per heavy atom. The van der Waals surface area contributed by atoms with Crippen molar-refractivity contribution in [2.45, 2.75) is 57.8 Å². The van der Waals surface area contributed by atoms with Gasteiger partial charge in [0.25, 0.3) is 11.8 Å². The molecule has 3 aromatic carbocycles. The van der Waals surface area contributed by atoms with E-state index in [1.807, 2.05) is 24.3 Å². The van der Waals surface area contributed by atoms with Crippen LogP contribution >= 0.6 is 0 Å². The Balaban J connectivity index is 0.969. The third-order valence-corrected chi connectivity index (χ3v) is 8.86. The second-order valence-electron chi connectivity index (χ2n) is 12.2. The molecular formula is C36H39N5O3. The van der Waals surface area contributed by atoms with Gasteiger partial charge in [0.05, 0.1) is 11.6 Å². The van der Waals surface area contributed by atoms with Crippen LogP contribution in [0.3, 0.4) is 0 Å². The lowest BCUT2D eigenvalue weighted by molar-refractivity contribution is 0.0881. The fourth-order valence-electron chi connectivity index (χ4n) is 6.19. The lowest BCUT2D eigenvalue weighted by atomic mass is 10.0. The molecule has 1 aromatic heterocycles. The van der Waals surface area contributed by atoms with Gasteiger partial charge in [0.1, 0.15) is 5.58 Å². The van der Waals surface area contributed by atoms with Crippen LogP contribution in [-0.2, 0) is 13.1 Å². The average molecular weight is 590 g/mol. The van der Waals surface area contributed by atoms with E-state index in [0.717, 1.165) is 70.3 Å². The molecule has 0 unspecified atom stereocenters. The summed E-state index contributed by atoms with van der Waals surface area (Å²) in [5.74, 6) is -0.0579. The van der Waals surface area contributed by atoms with Crippen LogP contribution in [0.1, 0.15) is 68.8 Å².